The Balaban J connectivity index is 1.31. The lowest BCUT2D eigenvalue weighted by atomic mass is 10.2. The van der Waals surface area contributed by atoms with Gasteiger partial charge in [0.1, 0.15) is 11.6 Å². The number of para-hydroxylation sites is 1. The van der Waals surface area contributed by atoms with Crippen molar-refractivity contribution in [2.45, 2.75) is 6.42 Å². The summed E-state index contributed by atoms with van der Waals surface area (Å²) in [6.45, 7) is 4.14. The fourth-order valence-electron chi connectivity index (χ4n) is 2.91. The number of nitrogens with one attached hydrogen (secondary N) is 1. The van der Waals surface area contributed by atoms with E-state index in [9.17, 15) is 9.18 Å². The Hall–Kier alpha value is -2.76. The maximum Gasteiger partial charge on any atom is 0.317 e. The topological polar surface area (TPSA) is 44.8 Å². The van der Waals surface area contributed by atoms with E-state index < -0.39 is 0 Å². The van der Waals surface area contributed by atoms with E-state index in [1.807, 2.05) is 23.1 Å². The molecule has 1 saturated heterocycles. The molecule has 6 heteroatoms. The molecular formula is C20H24FN3O2. The Kier molecular flexibility index (Phi) is 6.30. The average Bonchev–Trinajstić information content (AvgIpc) is 2.70. The highest BCUT2D eigenvalue weighted by molar-refractivity contribution is 5.74. The lowest BCUT2D eigenvalue weighted by Crippen LogP contribution is -2.52. The first-order valence-electron chi connectivity index (χ1n) is 8.93. The van der Waals surface area contributed by atoms with E-state index >= 15 is 0 Å². The number of piperazine rings is 1. The highest BCUT2D eigenvalue weighted by Gasteiger charge is 2.20. The molecule has 1 heterocycles. The zero-order valence-corrected chi connectivity index (χ0v) is 14.7. The van der Waals surface area contributed by atoms with Crippen LogP contribution in [0.3, 0.4) is 0 Å². The van der Waals surface area contributed by atoms with Crippen LogP contribution in [0.15, 0.2) is 54.6 Å². The van der Waals surface area contributed by atoms with Crippen molar-refractivity contribution in [3.8, 4) is 5.75 Å². The molecule has 0 radical (unpaired) electrons. The molecule has 2 amide bonds. The smallest absolute Gasteiger partial charge is 0.317 e. The maximum absolute atomic E-state index is 12.8. The summed E-state index contributed by atoms with van der Waals surface area (Å²) in [5.74, 6) is 0.353. The van der Waals surface area contributed by atoms with Crippen molar-refractivity contribution in [2.24, 2.45) is 0 Å². The minimum atomic E-state index is -0.281. The summed E-state index contributed by atoms with van der Waals surface area (Å²) < 4.78 is 18.3. The summed E-state index contributed by atoms with van der Waals surface area (Å²) in [5, 5.41) is 2.93. The van der Waals surface area contributed by atoms with Gasteiger partial charge in [-0.05, 0) is 42.8 Å². The van der Waals surface area contributed by atoms with Crippen molar-refractivity contribution in [1.82, 2.24) is 10.2 Å². The Morgan fingerprint density at radius 1 is 1.00 bits per heavy atom. The SMILES string of the molecule is O=C(NCCCOc1ccc(F)cc1)N1CCN(c2ccccc2)CC1. The molecule has 26 heavy (non-hydrogen) atoms. The molecule has 1 aliphatic heterocycles. The molecule has 3 rings (SSSR count). The predicted octanol–water partition coefficient (Wildman–Crippen LogP) is 3.13. The second kappa shape index (κ2) is 9.08. The molecule has 0 aromatic heterocycles. The number of benzene rings is 2. The normalized spacial score (nSPS) is 14.2. The maximum atomic E-state index is 12.8. The van der Waals surface area contributed by atoms with Crippen LogP contribution in [0.25, 0.3) is 0 Å². The van der Waals surface area contributed by atoms with Gasteiger partial charge in [-0.2, -0.15) is 0 Å². The van der Waals surface area contributed by atoms with Gasteiger partial charge in [-0.1, -0.05) is 18.2 Å². The highest BCUT2D eigenvalue weighted by Crippen LogP contribution is 2.15. The molecular weight excluding hydrogens is 333 g/mol. The third-order valence-electron chi connectivity index (χ3n) is 4.37. The highest BCUT2D eigenvalue weighted by atomic mass is 19.1. The van der Waals surface area contributed by atoms with Crippen molar-refractivity contribution >= 4 is 11.7 Å². The molecule has 0 spiro atoms. The minimum Gasteiger partial charge on any atom is -0.494 e. The number of rotatable bonds is 6. The first-order chi connectivity index (χ1) is 12.7. The zero-order valence-electron chi connectivity index (χ0n) is 14.7. The summed E-state index contributed by atoms with van der Waals surface area (Å²) >= 11 is 0. The quantitative estimate of drug-likeness (QED) is 0.808. The van der Waals surface area contributed by atoms with E-state index in [1.54, 1.807) is 12.1 Å². The number of ether oxygens (including phenoxy) is 1. The van der Waals surface area contributed by atoms with Crippen LogP contribution < -0.4 is 15.0 Å². The van der Waals surface area contributed by atoms with Crippen molar-refractivity contribution in [2.75, 3.05) is 44.2 Å². The molecule has 0 bridgehead atoms. The van der Waals surface area contributed by atoms with E-state index in [2.05, 4.69) is 22.3 Å². The molecule has 1 fully saturated rings. The number of halogens is 1. The number of hydrogen-bond acceptors (Lipinski definition) is 3. The van der Waals surface area contributed by atoms with Crippen LogP contribution in [0.2, 0.25) is 0 Å². The second-order valence-corrected chi connectivity index (χ2v) is 6.20. The fourth-order valence-corrected chi connectivity index (χ4v) is 2.91. The van der Waals surface area contributed by atoms with Crippen LogP contribution in [-0.4, -0.2) is 50.3 Å². The van der Waals surface area contributed by atoms with Gasteiger partial charge in [0.15, 0.2) is 0 Å². The van der Waals surface area contributed by atoms with Gasteiger partial charge in [-0.15, -0.1) is 0 Å². The lowest BCUT2D eigenvalue weighted by Gasteiger charge is -2.36. The zero-order chi connectivity index (χ0) is 18.2. The Bertz CT molecular complexity index is 686. The van der Waals surface area contributed by atoms with E-state index in [0.717, 1.165) is 13.1 Å². The number of carbonyl (C=O) groups excluding carboxylic acids is 1. The predicted molar refractivity (Wildman–Crippen MR) is 100 cm³/mol. The number of urea groups is 1. The monoisotopic (exact) mass is 357 g/mol. The van der Waals surface area contributed by atoms with Gasteiger partial charge in [0.2, 0.25) is 0 Å². The van der Waals surface area contributed by atoms with Gasteiger partial charge in [0.05, 0.1) is 6.61 Å². The Labute approximate surface area is 153 Å². The summed E-state index contributed by atoms with van der Waals surface area (Å²) in [6.07, 6.45) is 0.701. The van der Waals surface area contributed by atoms with Gasteiger partial charge in [-0.3, -0.25) is 0 Å². The summed E-state index contributed by atoms with van der Waals surface area (Å²) in [5.41, 5.74) is 1.20. The van der Waals surface area contributed by atoms with Crippen LogP contribution in [0, 0.1) is 5.82 Å². The van der Waals surface area contributed by atoms with Gasteiger partial charge < -0.3 is 19.9 Å². The van der Waals surface area contributed by atoms with Crippen molar-refractivity contribution in [3.05, 3.63) is 60.4 Å². The van der Waals surface area contributed by atoms with Crippen LogP contribution in [0.5, 0.6) is 5.75 Å². The van der Waals surface area contributed by atoms with Crippen LogP contribution in [0.4, 0.5) is 14.9 Å². The first-order valence-corrected chi connectivity index (χ1v) is 8.93. The summed E-state index contributed by atoms with van der Waals surface area (Å²) in [6, 6.07) is 16.2. The van der Waals surface area contributed by atoms with Gasteiger partial charge in [0.25, 0.3) is 0 Å². The lowest BCUT2D eigenvalue weighted by molar-refractivity contribution is 0.193. The molecule has 0 atom stereocenters. The van der Waals surface area contributed by atoms with E-state index in [4.69, 9.17) is 4.74 Å². The van der Waals surface area contributed by atoms with Crippen molar-refractivity contribution < 1.29 is 13.9 Å². The molecule has 0 aliphatic carbocycles. The van der Waals surface area contributed by atoms with Crippen molar-refractivity contribution in [1.29, 1.82) is 0 Å². The van der Waals surface area contributed by atoms with Gasteiger partial charge in [0, 0.05) is 38.4 Å². The molecule has 2 aromatic carbocycles. The molecule has 138 valence electrons. The summed E-state index contributed by atoms with van der Waals surface area (Å²) in [7, 11) is 0. The minimum absolute atomic E-state index is 0.0282. The van der Waals surface area contributed by atoms with Crippen molar-refractivity contribution in [3.63, 3.8) is 0 Å². The molecule has 0 saturated carbocycles. The number of carbonyl (C=O) groups is 1. The van der Waals surface area contributed by atoms with E-state index in [1.165, 1.54) is 17.8 Å². The Morgan fingerprint density at radius 3 is 2.38 bits per heavy atom. The molecule has 1 N–H and O–H groups in total. The molecule has 2 aromatic rings. The van der Waals surface area contributed by atoms with Crippen LogP contribution >= 0.6 is 0 Å². The van der Waals surface area contributed by atoms with Gasteiger partial charge in [-0.25, -0.2) is 9.18 Å². The largest absolute Gasteiger partial charge is 0.494 e. The second-order valence-electron chi connectivity index (χ2n) is 6.20. The van der Waals surface area contributed by atoms with E-state index in [-0.39, 0.29) is 11.8 Å². The molecule has 1 aliphatic rings. The average molecular weight is 357 g/mol. The van der Waals surface area contributed by atoms with Crippen LogP contribution in [-0.2, 0) is 0 Å². The number of nitrogens with zero attached hydrogens (tertiary/aromatic N) is 2. The number of hydrogen-bond donors (Lipinski definition) is 1. The van der Waals surface area contributed by atoms with E-state index in [0.29, 0.717) is 38.4 Å². The number of amides is 2. The van der Waals surface area contributed by atoms with Crippen LogP contribution in [0.1, 0.15) is 6.42 Å². The third kappa shape index (κ3) is 5.12. The summed E-state index contributed by atoms with van der Waals surface area (Å²) in [4.78, 5) is 16.4. The molecule has 0 unspecified atom stereocenters. The standard InChI is InChI=1S/C20H24FN3O2/c21-17-7-9-19(10-8-17)26-16-4-11-22-20(25)24-14-12-23(13-15-24)18-5-2-1-3-6-18/h1-3,5-10H,4,11-16H2,(H,22,25). The number of anilines is 1. The van der Waals surface area contributed by atoms with Gasteiger partial charge >= 0.3 is 6.03 Å². The third-order valence-corrected chi connectivity index (χ3v) is 4.37. The molecule has 5 nitrogen and oxygen atoms in total. The fraction of sp³-hybridized carbons (Fsp3) is 0.350. The first kappa shape index (κ1) is 18.0. The Morgan fingerprint density at radius 2 is 1.69 bits per heavy atom.